The molecule has 3 nitrogen and oxygen atoms in total. The summed E-state index contributed by atoms with van der Waals surface area (Å²) in [5.41, 5.74) is 9.42. The lowest BCUT2D eigenvalue weighted by molar-refractivity contribution is 0.182. The maximum absolute atomic E-state index is 6.11. The average Bonchev–Trinajstić information content (AvgIpc) is 2.48. The lowest BCUT2D eigenvalue weighted by Crippen LogP contribution is -2.15. The van der Waals surface area contributed by atoms with Crippen molar-refractivity contribution in [3.05, 3.63) is 59.4 Å². The van der Waals surface area contributed by atoms with Gasteiger partial charge in [-0.05, 0) is 49.4 Å². The summed E-state index contributed by atoms with van der Waals surface area (Å²) in [4.78, 5) is 4.35. The van der Waals surface area contributed by atoms with E-state index in [1.807, 2.05) is 19.1 Å². The predicted molar refractivity (Wildman–Crippen MR) is 79.6 cm³/mol. The van der Waals surface area contributed by atoms with Crippen molar-refractivity contribution in [2.75, 3.05) is 0 Å². The number of aryl methyl sites for hydroxylation is 1. The van der Waals surface area contributed by atoms with Gasteiger partial charge in [-0.2, -0.15) is 0 Å². The number of hydrogen-bond acceptors (Lipinski definition) is 3. The maximum Gasteiger partial charge on any atom is 0.138 e. The molecule has 3 rings (SSSR count). The topological polar surface area (TPSA) is 48.1 Å². The molecule has 0 spiro atoms. The molecule has 1 aliphatic rings. The van der Waals surface area contributed by atoms with Crippen LogP contribution >= 0.6 is 0 Å². The molecule has 1 aliphatic carbocycles. The largest absolute Gasteiger partial charge is 0.484 e. The smallest absolute Gasteiger partial charge is 0.138 e. The summed E-state index contributed by atoms with van der Waals surface area (Å²) < 4.78 is 6.11. The van der Waals surface area contributed by atoms with Crippen LogP contribution in [-0.4, -0.2) is 4.98 Å². The van der Waals surface area contributed by atoms with Gasteiger partial charge in [-0.15, -0.1) is 0 Å². The van der Waals surface area contributed by atoms with E-state index >= 15 is 0 Å². The number of fused-ring (bicyclic) bond motifs is 1. The van der Waals surface area contributed by atoms with Crippen LogP contribution in [-0.2, 0) is 6.42 Å². The second-order valence-corrected chi connectivity index (χ2v) is 5.40. The Morgan fingerprint density at radius 1 is 1.25 bits per heavy atom. The lowest BCUT2D eigenvalue weighted by Gasteiger charge is -2.26. The monoisotopic (exact) mass is 268 g/mol. The molecule has 2 aromatic rings. The van der Waals surface area contributed by atoms with Gasteiger partial charge in [0.2, 0.25) is 0 Å². The van der Waals surface area contributed by atoms with Gasteiger partial charge in [0.1, 0.15) is 11.9 Å². The van der Waals surface area contributed by atoms with Crippen LogP contribution in [0.25, 0.3) is 0 Å². The summed E-state index contributed by atoms with van der Waals surface area (Å²) in [5.74, 6) is 0.816. The van der Waals surface area contributed by atoms with E-state index in [2.05, 4.69) is 29.2 Å². The Morgan fingerprint density at radius 3 is 2.85 bits per heavy atom. The minimum absolute atomic E-state index is 0.0422. The molecule has 2 N–H and O–H groups in total. The van der Waals surface area contributed by atoms with Crippen LogP contribution in [0.5, 0.6) is 5.75 Å². The highest BCUT2D eigenvalue weighted by Crippen LogP contribution is 2.33. The highest BCUT2D eigenvalue weighted by molar-refractivity contribution is 5.32. The van der Waals surface area contributed by atoms with E-state index in [1.54, 1.807) is 6.20 Å². The van der Waals surface area contributed by atoms with E-state index in [4.69, 9.17) is 10.5 Å². The fraction of sp³-hybridized carbons (Fsp3) is 0.353. The third kappa shape index (κ3) is 2.68. The van der Waals surface area contributed by atoms with Gasteiger partial charge in [0.15, 0.2) is 0 Å². The van der Waals surface area contributed by atoms with Gasteiger partial charge in [-0.3, -0.25) is 4.98 Å². The Kier molecular flexibility index (Phi) is 3.70. The normalized spacial score (nSPS) is 19.2. The molecule has 0 radical (unpaired) electrons. The Morgan fingerprint density at radius 2 is 2.10 bits per heavy atom. The molecule has 1 heterocycles. The first-order valence-electron chi connectivity index (χ1n) is 7.20. The van der Waals surface area contributed by atoms with E-state index < -0.39 is 0 Å². The van der Waals surface area contributed by atoms with Crippen LogP contribution in [0.2, 0.25) is 0 Å². The number of aromatic nitrogens is 1. The molecule has 1 aromatic carbocycles. The second-order valence-electron chi connectivity index (χ2n) is 5.40. The Balaban J connectivity index is 1.78. The van der Waals surface area contributed by atoms with Crippen molar-refractivity contribution in [1.82, 2.24) is 4.98 Å². The zero-order valence-corrected chi connectivity index (χ0v) is 11.8. The third-order valence-electron chi connectivity index (χ3n) is 3.82. The van der Waals surface area contributed by atoms with Gasteiger partial charge in [-0.25, -0.2) is 0 Å². The number of ether oxygens (including phenoxy) is 1. The van der Waals surface area contributed by atoms with Crippen LogP contribution in [0.15, 0.2) is 42.6 Å². The molecule has 0 aliphatic heterocycles. The van der Waals surface area contributed by atoms with Crippen molar-refractivity contribution >= 4 is 0 Å². The number of hydrogen-bond donors (Lipinski definition) is 1. The molecular formula is C17H20N2O. The highest BCUT2D eigenvalue weighted by atomic mass is 16.5. The number of nitrogens with two attached hydrogens (primary N) is 1. The third-order valence-corrected chi connectivity index (χ3v) is 3.82. The van der Waals surface area contributed by atoms with Crippen molar-refractivity contribution in [3.8, 4) is 5.75 Å². The number of rotatable bonds is 3. The lowest BCUT2D eigenvalue weighted by atomic mass is 9.89. The molecule has 0 saturated carbocycles. The van der Waals surface area contributed by atoms with Gasteiger partial charge in [0.25, 0.3) is 0 Å². The minimum Gasteiger partial charge on any atom is -0.484 e. The second kappa shape index (κ2) is 5.63. The molecule has 20 heavy (non-hydrogen) atoms. The van der Waals surface area contributed by atoms with Crippen LogP contribution in [0, 0.1) is 0 Å². The number of benzene rings is 1. The number of pyridine rings is 1. The fourth-order valence-corrected chi connectivity index (χ4v) is 2.73. The Labute approximate surface area is 119 Å². The molecule has 0 bridgehead atoms. The first-order valence-corrected chi connectivity index (χ1v) is 7.20. The van der Waals surface area contributed by atoms with Gasteiger partial charge < -0.3 is 10.5 Å². The summed E-state index contributed by atoms with van der Waals surface area (Å²) in [7, 11) is 0. The van der Waals surface area contributed by atoms with Crippen LogP contribution in [0.4, 0.5) is 0 Å². The minimum atomic E-state index is -0.0422. The van der Waals surface area contributed by atoms with Gasteiger partial charge in [-0.1, -0.05) is 24.3 Å². The quantitative estimate of drug-likeness (QED) is 0.926. The molecule has 0 saturated heterocycles. The zero-order chi connectivity index (χ0) is 13.9. The molecule has 0 fully saturated rings. The SMILES string of the molecule is C[C@H](N)c1ccc(OC2CCCc3ccccc32)cn1. The Hall–Kier alpha value is -1.87. The van der Waals surface area contributed by atoms with Gasteiger partial charge in [0.05, 0.1) is 11.9 Å². The zero-order valence-electron chi connectivity index (χ0n) is 11.8. The fourth-order valence-electron chi connectivity index (χ4n) is 2.73. The van der Waals surface area contributed by atoms with Gasteiger partial charge >= 0.3 is 0 Å². The van der Waals surface area contributed by atoms with E-state index in [0.717, 1.165) is 24.3 Å². The Bertz CT molecular complexity index is 578. The van der Waals surface area contributed by atoms with Crippen molar-refractivity contribution in [2.45, 2.75) is 38.3 Å². The van der Waals surface area contributed by atoms with Crippen molar-refractivity contribution < 1.29 is 4.74 Å². The summed E-state index contributed by atoms with van der Waals surface area (Å²) in [6, 6.07) is 12.4. The summed E-state index contributed by atoms with van der Waals surface area (Å²) in [6.45, 7) is 1.93. The molecular weight excluding hydrogens is 248 g/mol. The van der Waals surface area contributed by atoms with E-state index in [0.29, 0.717) is 0 Å². The summed E-state index contributed by atoms with van der Waals surface area (Å²) >= 11 is 0. The van der Waals surface area contributed by atoms with E-state index in [-0.39, 0.29) is 12.1 Å². The van der Waals surface area contributed by atoms with E-state index in [1.165, 1.54) is 17.5 Å². The van der Waals surface area contributed by atoms with Crippen LogP contribution < -0.4 is 10.5 Å². The van der Waals surface area contributed by atoms with E-state index in [9.17, 15) is 0 Å². The molecule has 2 atom stereocenters. The molecule has 1 unspecified atom stereocenters. The van der Waals surface area contributed by atoms with Gasteiger partial charge in [0, 0.05) is 6.04 Å². The first kappa shape index (κ1) is 13.1. The number of nitrogens with zero attached hydrogens (tertiary/aromatic N) is 1. The first-order chi connectivity index (χ1) is 9.74. The standard InChI is InChI=1S/C17H20N2O/c1-12(18)16-10-9-14(11-19-16)20-17-8-4-6-13-5-2-3-7-15(13)17/h2-3,5,7,9-12,17H,4,6,8,18H2,1H3/t12-,17?/m0/s1. The summed E-state index contributed by atoms with van der Waals surface area (Å²) in [6.07, 6.45) is 5.30. The molecule has 104 valence electrons. The molecule has 0 amide bonds. The van der Waals surface area contributed by atoms with Crippen LogP contribution in [0.1, 0.15) is 48.7 Å². The van der Waals surface area contributed by atoms with Crippen molar-refractivity contribution in [3.63, 3.8) is 0 Å². The maximum atomic E-state index is 6.11. The van der Waals surface area contributed by atoms with Crippen LogP contribution in [0.3, 0.4) is 0 Å². The summed E-state index contributed by atoms with van der Waals surface area (Å²) in [5, 5.41) is 0. The average molecular weight is 268 g/mol. The molecule has 3 heteroatoms. The van der Waals surface area contributed by atoms with Crippen molar-refractivity contribution in [2.24, 2.45) is 5.73 Å². The van der Waals surface area contributed by atoms with Crippen molar-refractivity contribution in [1.29, 1.82) is 0 Å². The predicted octanol–water partition coefficient (Wildman–Crippen LogP) is 3.56. The highest BCUT2D eigenvalue weighted by Gasteiger charge is 2.21. The molecule has 1 aromatic heterocycles.